The lowest BCUT2D eigenvalue weighted by atomic mass is 9.95. The summed E-state index contributed by atoms with van der Waals surface area (Å²) in [4.78, 5) is 17.7. The predicted molar refractivity (Wildman–Crippen MR) is 65.4 cm³/mol. The SMILES string of the molecule is Nc1ncn(CC(=O)N2CCCC(CCO)C2)n1. The summed E-state index contributed by atoms with van der Waals surface area (Å²) in [5.74, 6) is 0.621. The summed E-state index contributed by atoms with van der Waals surface area (Å²) in [5.41, 5.74) is 5.40. The number of carbonyl (C=O) groups excluding carboxylic acids is 1. The molecular weight excluding hydrogens is 234 g/mol. The van der Waals surface area contributed by atoms with Crippen molar-refractivity contribution in [2.45, 2.75) is 25.8 Å². The Balaban J connectivity index is 1.88. The van der Waals surface area contributed by atoms with Crippen molar-refractivity contribution in [1.82, 2.24) is 19.7 Å². The van der Waals surface area contributed by atoms with Crippen LogP contribution in [0.25, 0.3) is 0 Å². The van der Waals surface area contributed by atoms with Gasteiger partial charge in [-0.1, -0.05) is 0 Å². The molecule has 0 aliphatic carbocycles. The first-order valence-corrected chi connectivity index (χ1v) is 6.22. The Morgan fingerprint density at radius 3 is 3.11 bits per heavy atom. The minimum atomic E-state index is 0.0301. The van der Waals surface area contributed by atoms with E-state index < -0.39 is 0 Å². The van der Waals surface area contributed by atoms with Crippen LogP contribution >= 0.6 is 0 Å². The molecule has 100 valence electrons. The summed E-state index contributed by atoms with van der Waals surface area (Å²) in [6, 6.07) is 0. The van der Waals surface area contributed by atoms with E-state index in [4.69, 9.17) is 10.8 Å². The molecule has 0 radical (unpaired) electrons. The van der Waals surface area contributed by atoms with E-state index in [1.807, 2.05) is 4.90 Å². The van der Waals surface area contributed by atoms with Crippen LogP contribution in [-0.4, -0.2) is 50.4 Å². The molecule has 2 heterocycles. The molecule has 1 atom stereocenters. The van der Waals surface area contributed by atoms with Gasteiger partial charge in [0.1, 0.15) is 12.9 Å². The van der Waals surface area contributed by atoms with Gasteiger partial charge < -0.3 is 15.7 Å². The number of hydrogen-bond donors (Lipinski definition) is 2. The van der Waals surface area contributed by atoms with Crippen molar-refractivity contribution >= 4 is 11.9 Å². The van der Waals surface area contributed by atoms with E-state index in [2.05, 4.69) is 10.1 Å². The number of piperidine rings is 1. The average Bonchev–Trinajstić information content (AvgIpc) is 2.75. The maximum atomic E-state index is 12.1. The van der Waals surface area contributed by atoms with Gasteiger partial charge in [0.05, 0.1) is 0 Å². The number of nitrogens with two attached hydrogens (primary N) is 1. The average molecular weight is 253 g/mol. The van der Waals surface area contributed by atoms with Crippen molar-refractivity contribution in [3.63, 3.8) is 0 Å². The number of aliphatic hydroxyl groups is 1. The fourth-order valence-corrected chi connectivity index (χ4v) is 2.33. The summed E-state index contributed by atoms with van der Waals surface area (Å²) in [6.07, 6.45) is 4.30. The van der Waals surface area contributed by atoms with Gasteiger partial charge >= 0.3 is 0 Å². The highest BCUT2D eigenvalue weighted by Crippen LogP contribution is 2.19. The molecule has 1 saturated heterocycles. The third kappa shape index (κ3) is 3.19. The molecule has 1 aliphatic rings. The van der Waals surface area contributed by atoms with Crippen molar-refractivity contribution in [2.75, 3.05) is 25.4 Å². The smallest absolute Gasteiger partial charge is 0.244 e. The third-order valence-electron chi connectivity index (χ3n) is 3.26. The molecule has 0 bridgehead atoms. The van der Waals surface area contributed by atoms with Gasteiger partial charge in [-0.3, -0.25) is 4.79 Å². The monoisotopic (exact) mass is 253 g/mol. The van der Waals surface area contributed by atoms with E-state index in [9.17, 15) is 4.79 Å². The summed E-state index contributed by atoms with van der Waals surface area (Å²) < 4.78 is 1.45. The zero-order valence-corrected chi connectivity index (χ0v) is 10.3. The maximum Gasteiger partial charge on any atom is 0.244 e. The number of nitrogen functional groups attached to an aromatic ring is 1. The number of carbonyl (C=O) groups is 1. The highest BCUT2D eigenvalue weighted by molar-refractivity contribution is 5.76. The number of anilines is 1. The lowest BCUT2D eigenvalue weighted by Gasteiger charge is -2.32. The molecule has 1 aromatic rings. The number of likely N-dealkylation sites (tertiary alicyclic amines) is 1. The minimum absolute atomic E-state index is 0.0301. The molecule has 1 aromatic heterocycles. The summed E-state index contributed by atoms with van der Waals surface area (Å²) >= 11 is 0. The topological polar surface area (TPSA) is 97.3 Å². The Labute approximate surface area is 106 Å². The first kappa shape index (κ1) is 12.8. The third-order valence-corrected chi connectivity index (χ3v) is 3.26. The van der Waals surface area contributed by atoms with Crippen LogP contribution in [0.4, 0.5) is 5.95 Å². The first-order chi connectivity index (χ1) is 8.69. The Morgan fingerprint density at radius 2 is 2.44 bits per heavy atom. The normalized spacial score (nSPS) is 20.1. The summed E-state index contributed by atoms with van der Waals surface area (Å²) in [5, 5.41) is 12.8. The summed E-state index contributed by atoms with van der Waals surface area (Å²) in [6.45, 7) is 1.87. The lowest BCUT2D eigenvalue weighted by molar-refractivity contribution is -0.134. The molecule has 7 nitrogen and oxygen atoms in total. The Hall–Kier alpha value is -1.63. The molecule has 7 heteroatoms. The Morgan fingerprint density at radius 1 is 1.61 bits per heavy atom. The lowest BCUT2D eigenvalue weighted by Crippen LogP contribution is -2.41. The maximum absolute atomic E-state index is 12.1. The van der Waals surface area contributed by atoms with Crippen LogP contribution in [0.1, 0.15) is 19.3 Å². The second-order valence-electron chi connectivity index (χ2n) is 4.66. The van der Waals surface area contributed by atoms with Gasteiger partial charge in [0, 0.05) is 19.7 Å². The molecule has 2 rings (SSSR count). The molecular formula is C11H19N5O2. The van der Waals surface area contributed by atoms with Gasteiger partial charge in [-0.2, -0.15) is 0 Å². The van der Waals surface area contributed by atoms with Crippen LogP contribution in [-0.2, 0) is 11.3 Å². The molecule has 0 saturated carbocycles. The number of amides is 1. The molecule has 18 heavy (non-hydrogen) atoms. The number of aliphatic hydroxyl groups excluding tert-OH is 1. The van der Waals surface area contributed by atoms with Gasteiger partial charge in [0.2, 0.25) is 11.9 Å². The van der Waals surface area contributed by atoms with Gasteiger partial charge in [-0.25, -0.2) is 9.67 Å². The zero-order chi connectivity index (χ0) is 13.0. The Bertz CT molecular complexity index is 404. The van der Waals surface area contributed by atoms with Crippen molar-refractivity contribution in [3.8, 4) is 0 Å². The fourth-order valence-electron chi connectivity index (χ4n) is 2.33. The molecule has 1 fully saturated rings. The van der Waals surface area contributed by atoms with E-state index in [1.165, 1.54) is 11.0 Å². The minimum Gasteiger partial charge on any atom is -0.396 e. The standard InChI is InChI=1S/C11H19N5O2/c12-11-13-8-16(14-11)7-10(18)15-4-1-2-9(6-15)3-5-17/h8-9,17H,1-7H2,(H2,12,14). The van der Waals surface area contributed by atoms with Crippen LogP contribution in [0.15, 0.2) is 6.33 Å². The number of nitrogens with zero attached hydrogens (tertiary/aromatic N) is 4. The van der Waals surface area contributed by atoms with Crippen LogP contribution in [0, 0.1) is 5.92 Å². The van der Waals surface area contributed by atoms with Crippen LogP contribution < -0.4 is 5.73 Å². The highest BCUT2D eigenvalue weighted by atomic mass is 16.3. The highest BCUT2D eigenvalue weighted by Gasteiger charge is 2.23. The number of hydrogen-bond acceptors (Lipinski definition) is 5. The van der Waals surface area contributed by atoms with Crippen LogP contribution in [0.2, 0.25) is 0 Å². The first-order valence-electron chi connectivity index (χ1n) is 6.22. The van der Waals surface area contributed by atoms with Gasteiger partial charge in [0.15, 0.2) is 0 Å². The van der Waals surface area contributed by atoms with Gasteiger partial charge in [0.25, 0.3) is 0 Å². The number of rotatable bonds is 4. The molecule has 0 spiro atoms. The summed E-state index contributed by atoms with van der Waals surface area (Å²) in [7, 11) is 0. The zero-order valence-electron chi connectivity index (χ0n) is 10.3. The van der Waals surface area contributed by atoms with E-state index in [1.54, 1.807) is 0 Å². The van der Waals surface area contributed by atoms with Gasteiger partial charge in [-0.05, 0) is 25.2 Å². The molecule has 1 amide bonds. The van der Waals surface area contributed by atoms with E-state index in [0.29, 0.717) is 5.92 Å². The second kappa shape index (κ2) is 5.81. The predicted octanol–water partition coefficient (Wildman–Crippen LogP) is -0.519. The molecule has 3 N–H and O–H groups in total. The quantitative estimate of drug-likeness (QED) is 0.752. The van der Waals surface area contributed by atoms with Crippen LogP contribution in [0.5, 0.6) is 0 Å². The van der Waals surface area contributed by atoms with Crippen molar-refractivity contribution in [1.29, 1.82) is 0 Å². The van der Waals surface area contributed by atoms with Crippen molar-refractivity contribution in [3.05, 3.63) is 6.33 Å². The van der Waals surface area contributed by atoms with Crippen molar-refractivity contribution in [2.24, 2.45) is 5.92 Å². The fraction of sp³-hybridized carbons (Fsp3) is 0.727. The van der Waals surface area contributed by atoms with E-state index in [0.717, 1.165) is 32.4 Å². The van der Waals surface area contributed by atoms with Crippen LogP contribution in [0.3, 0.4) is 0 Å². The molecule has 0 aromatic carbocycles. The van der Waals surface area contributed by atoms with Gasteiger partial charge in [-0.15, -0.1) is 5.10 Å². The van der Waals surface area contributed by atoms with Crippen molar-refractivity contribution < 1.29 is 9.90 Å². The molecule has 1 unspecified atom stereocenters. The number of aromatic nitrogens is 3. The largest absolute Gasteiger partial charge is 0.396 e. The van der Waals surface area contributed by atoms with E-state index in [-0.39, 0.29) is 25.0 Å². The van der Waals surface area contributed by atoms with E-state index >= 15 is 0 Å². The second-order valence-corrected chi connectivity index (χ2v) is 4.66. The Kier molecular flexibility index (Phi) is 4.14. The molecule has 1 aliphatic heterocycles.